The average molecular weight is 743 g/mol. The molecule has 0 spiro atoms. The van der Waals surface area contributed by atoms with Crippen LogP contribution < -0.4 is 24.8 Å². The predicted octanol–water partition coefficient (Wildman–Crippen LogP) is 6.54. The molecule has 0 bridgehead atoms. The van der Waals surface area contributed by atoms with Crippen molar-refractivity contribution in [3.05, 3.63) is 131 Å². The smallest absolute Gasteiger partial charge is 1.00 e. The fourth-order valence-corrected chi connectivity index (χ4v) is 5.59. The second kappa shape index (κ2) is 17.8. The molecular weight excluding hydrogens is 695 g/mol. The Kier molecular flexibility index (Phi) is 15.5. The second-order valence-corrected chi connectivity index (χ2v) is 22.9. The third kappa shape index (κ3) is 10.4. The van der Waals surface area contributed by atoms with Gasteiger partial charge in [-0.25, -0.2) is 0 Å². The van der Waals surface area contributed by atoms with E-state index in [1.807, 2.05) is 0 Å². The molecule has 6 aromatic rings. The summed E-state index contributed by atoms with van der Waals surface area (Å²) in [5.74, 6) is 0.573. The van der Waals surface area contributed by atoms with Crippen LogP contribution in [0.2, 0.25) is 13.1 Å². The van der Waals surface area contributed by atoms with Crippen LogP contribution in [-0.2, 0) is 35.2 Å². The van der Waals surface area contributed by atoms with Crippen molar-refractivity contribution >= 4 is 27.0 Å². The maximum absolute atomic E-state index is 2.35. The van der Waals surface area contributed by atoms with Gasteiger partial charge in [-0.1, -0.05) is 132 Å². The van der Waals surface area contributed by atoms with Crippen LogP contribution in [0, 0.1) is 6.92 Å². The molecule has 0 atom stereocenters. The van der Waals surface area contributed by atoms with Crippen LogP contribution in [0.4, 0.5) is 0 Å². The van der Waals surface area contributed by atoms with E-state index in [-0.39, 0.29) is 35.7 Å². The van der Waals surface area contributed by atoms with Crippen molar-refractivity contribution in [2.24, 2.45) is 0 Å². The zero-order chi connectivity index (χ0) is 32.0. The SMILES string of the molecule is CC(C)c1cc2c(-c3ccc(C(C)(C)C)cc3)cccc2[cH-]1.CCc1cc(-c2ccccc2)c2cc(C)[cH-]c2c1.C[Si](C)=[Zr+2].[Cl-].[Cl-]. The molecule has 0 radical (unpaired) electrons. The number of benzene rings is 4. The molecule has 0 aliphatic carbocycles. The topological polar surface area (TPSA) is 0 Å². The van der Waals surface area contributed by atoms with E-state index in [1.54, 1.807) is 23.3 Å². The molecule has 4 heteroatoms. The minimum Gasteiger partial charge on any atom is -1.00 e. The van der Waals surface area contributed by atoms with Crippen molar-refractivity contribution in [3.63, 3.8) is 0 Å². The van der Waals surface area contributed by atoms with E-state index in [2.05, 4.69) is 171 Å². The summed E-state index contributed by atoms with van der Waals surface area (Å²) in [5, 5.41) is 5.46. The summed E-state index contributed by atoms with van der Waals surface area (Å²) in [7, 11) is 0. The van der Waals surface area contributed by atoms with Gasteiger partial charge in [0.05, 0.1) is 0 Å². The molecule has 240 valence electrons. The van der Waals surface area contributed by atoms with Gasteiger partial charge in [-0.05, 0) is 34.4 Å². The molecule has 0 fully saturated rings. The van der Waals surface area contributed by atoms with Gasteiger partial charge >= 0.3 is 41.9 Å². The summed E-state index contributed by atoms with van der Waals surface area (Å²) in [6.45, 7) is 20.3. The van der Waals surface area contributed by atoms with Crippen LogP contribution in [0.15, 0.2) is 109 Å². The monoisotopic (exact) mass is 740 g/mol. The van der Waals surface area contributed by atoms with E-state index in [9.17, 15) is 0 Å². The fourth-order valence-electron chi connectivity index (χ4n) is 5.59. The molecule has 0 amide bonds. The maximum Gasteiger partial charge on any atom is -1.00 e. The minimum atomic E-state index is 0. The fraction of sp³-hybridized carbons (Fsp3) is 0.286. The zero-order valence-electron chi connectivity index (χ0n) is 28.9. The van der Waals surface area contributed by atoms with Crippen molar-refractivity contribution in [2.75, 3.05) is 0 Å². The summed E-state index contributed by atoms with van der Waals surface area (Å²) in [4.78, 5) is 0. The third-order valence-electron chi connectivity index (χ3n) is 8.02. The molecule has 6 rings (SSSR count). The van der Waals surface area contributed by atoms with Crippen LogP contribution in [0.5, 0.6) is 0 Å². The van der Waals surface area contributed by atoms with Crippen LogP contribution in [0.3, 0.4) is 0 Å². The normalized spacial score (nSPS) is 10.8. The van der Waals surface area contributed by atoms with E-state index >= 15 is 0 Å². The number of fused-ring (bicyclic) bond motifs is 2. The van der Waals surface area contributed by atoms with Gasteiger partial charge in [-0.2, -0.15) is 12.1 Å². The second-order valence-electron chi connectivity index (χ2n) is 13.5. The van der Waals surface area contributed by atoms with Crippen LogP contribution >= 0.6 is 0 Å². The first-order valence-electron chi connectivity index (χ1n) is 15.9. The summed E-state index contributed by atoms with van der Waals surface area (Å²) in [6, 6.07) is 40.2. The summed E-state index contributed by atoms with van der Waals surface area (Å²) >= 11 is 1.74. The quantitative estimate of drug-likeness (QED) is 0.142. The average Bonchev–Trinajstić information content (AvgIpc) is 3.60. The van der Waals surface area contributed by atoms with Gasteiger partial charge in [0.1, 0.15) is 0 Å². The largest absolute Gasteiger partial charge is 1.00 e. The third-order valence-corrected chi connectivity index (χ3v) is 8.02. The number of aryl methyl sites for hydroxylation is 2. The Hall–Kier alpha value is -2.22. The van der Waals surface area contributed by atoms with Gasteiger partial charge < -0.3 is 24.8 Å². The Bertz CT molecular complexity index is 1830. The standard InChI is InChI=1S/C22H25.C18H17.C2H6Si.2ClH.Zr/c1-15(2)18-13-17-7-6-8-20(21(17)14-18)16-9-11-19(12-10-16)22(3,4)5;1-3-14-11-16-9-13(2)10-17(16)18(12-14)15-7-5-4-6-8-15;1-3-2;;;/h6-15H,1-5H3;4-12H,3H2,1-2H3;1-2H3;2*1H;/q2*-1;;;;+2/p-2. The van der Waals surface area contributed by atoms with Gasteiger partial charge in [0.2, 0.25) is 0 Å². The first kappa shape index (κ1) is 40.0. The molecule has 46 heavy (non-hydrogen) atoms. The van der Waals surface area contributed by atoms with Crippen LogP contribution in [-0.4, -0.2) is 5.43 Å². The summed E-state index contributed by atoms with van der Waals surface area (Å²) in [6.07, 6.45) is 1.08. The Morgan fingerprint density at radius 3 is 1.85 bits per heavy atom. The van der Waals surface area contributed by atoms with Crippen molar-refractivity contribution in [1.82, 2.24) is 0 Å². The van der Waals surface area contributed by atoms with Gasteiger partial charge in [-0.15, -0.1) is 63.0 Å². The number of rotatable bonds is 4. The van der Waals surface area contributed by atoms with E-state index in [4.69, 9.17) is 0 Å². The first-order valence-corrected chi connectivity index (χ1v) is 22.1. The van der Waals surface area contributed by atoms with Gasteiger partial charge in [-0.3, -0.25) is 0 Å². The van der Waals surface area contributed by atoms with Crippen molar-refractivity contribution < 1.29 is 48.1 Å². The van der Waals surface area contributed by atoms with Crippen molar-refractivity contribution in [1.29, 1.82) is 0 Å². The zero-order valence-corrected chi connectivity index (χ0v) is 33.9. The molecule has 0 aromatic heterocycles. The van der Waals surface area contributed by atoms with E-state index in [0.717, 1.165) is 6.42 Å². The molecule has 0 aliphatic rings. The Labute approximate surface area is 306 Å². The van der Waals surface area contributed by atoms with Crippen molar-refractivity contribution in [2.45, 2.75) is 79.3 Å². The summed E-state index contributed by atoms with van der Waals surface area (Å²) < 4.78 is 0. The molecular formula is C42H48Cl2SiZr-2. The maximum atomic E-state index is 2.35. The van der Waals surface area contributed by atoms with Gasteiger partial charge in [0.15, 0.2) is 0 Å². The minimum absolute atomic E-state index is 0. The van der Waals surface area contributed by atoms with Crippen LogP contribution in [0.1, 0.15) is 69.7 Å². The molecule has 0 saturated carbocycles. The molecule has 0 nitrogen and oxygen atoms in total. The summed E-state index contributed by atoms with van der Waals surface area (Å²) in [5.41, 5.74) is 11.3. The Morgan fingerprint density at radius 1 is 0.696 bits per heavy atom. The molecule has 0 N–H and O–H groups in total. The van der Waals surface area contributed by atoms with Crippen molar-refractivity contribution in [3.8, 4) is 22.3 Å². The molecule has 0 aliphatic heterocycles. The number of hydrogen-bond acceptors (Lipinski definition) is 0. The number of halogens is 2. The molecule has 0 saturated heterocycles. The van der Waals surface area contributed by atoms with Gasteiger partial charge in [0.25, 0.3) is 0 Å². The Morgan fingerprint density at radius 2 is 1.28 bits per heavy atom. The predicted molar refractivity (Wildman–Crippen MR) is 194 cm³/mol. The van der Waals surface area contributed by atoms with E-state index in [0.29, 0.717) is 5.92 Å². The van der Waals surface area contributed by atoms with Crippen LogP contribution in [0.25, 0.3) is 43.8 Å². The van der Waals surface area contributed by atoms with E-state index < -0.39 is 0 Å². The number of hydrogen-bond donors (Lipinski definition) is 0. The van der Waals surface area contributed by atoms with E-state index in [1.165, 1.54) is 66.1 Å². The molecule has 6 aromatic carbocycles. The first-order chi connectivity index (χ1) is 20.9. The van der Waals surface area contributed by atoms with Gasteiger partial charge in [0, 0.05) is 0 Å². The Balaban J connectivity index is 0.000000280. The molecule has 0 unspecified atom stereocenters. The molecule has 0 heterocycles.